The molecule has 0 spiro atoms. The largest absolute Gasteiger partial charge is 0.490 e. The Kier molecular flexibility index (Phi) is 12.8. The summed E-state index contributed by atoms with van der Waals surface area (Å²) in [6.45, 7) is 6.61. The number of benzene rings is 2. The van der Waals surface area contributed by atoms with E-state index >= 15 is 0 Å². The molecule has 2 aromatic carbocycles. The topological polar surface area (TPSA) is 35.5 Å². The van der Waals surface area contributed by atoms with Crippen LogP contribution in [-0.4, -0.2) is 44.3 Å². The number of carbonyl (C=O) groups excluding carboxylic acids is 1. The second-order valence-electron chi connectivity index (χ2n) is 10.0. The first-order valence-corrected chi connectivity index (χ1v) is 13.2. The van der Waals surface area contributed by atoms with E-state index in [1.165, 1.54) is 49.7 Å². The molecule has 2 aromatic rings. The van der Waals surface area contributed by atoms with E-state index in [1.54, 1.807) is 0 Å². The van der Waals surface area contributed by atoms with Gasteiger partial charge >= 0.3 is 5.97 Å². The first-order chi connectivity index (χ1) is 16.4. The fraction of sp³-hybridized carbons (Fsp3) is 0.567. The van der Waals surface area contributed by atoms with Gasteiger partial charge in [0, 0.05) is 5.56 Å². The van der Waals surface area contributed by atoms with Crippen molar-refractivity contribution in [1.82, 2.24) is 0 Å². The Labute approximate surface area is 207 Å². The molecule has 4 heteroatoms. The first-order valence-electron chi connectivity index (χ1n) is 13.2. The minimum Gasteiger partial charge on any atom is -0.490 e. The summed E-state index contributed by atoms with van der Waals surface area (Å²) < 4.78 is 12.1. The van der Waals surface area contributed by atoms with Crippen LogP contribution in [0.25, 0.3) is 0 Å². The van der Waals surface area contributed by atoms with Gasteiger partial charge in [0.15, 0.2) is 0 Å². The van der Waals surface area contributed by atoms with Crippen LogP contribution in [0.3, 0.4) is 0 Å². The Morgan fingerprint density at radius 2 is 1.50 bits per heavy atom. The van der Waals surface area contributed by atoms with Gasteiger partial charge in [0.25, 0.3) is 0 Å². The number of quaternary nitrogens is 1. The van der Waals surface area contributed by atoms with Crippen LogP contribution in [0.15, 0.2) is 54.6 Å². The normalized spacial score (nSPS) is 12.4. The molecule has 0 aromatic heterocycles. The SMILES string of the molecule is CCCCCCCCc1ccc(OCCOC(=O)C(CC)C[N+](C)(C)Cc2ccccc2)cc1. The zero-order valence-corrected chi connectivity index (χ0v) is 21.9. The molecule has 0 heterocycles. The highest BCUT2D eigenvalue weighted by Crippen LogP contribution is 2.17. The maximum atomic E-state index is 12.7. The van der Waals surface area contributed by atoms with E-state index in [9.17, 15) is 4.79 Å². The average Bonchev–Trinajstić information content (AvgIpc) is 2.83. The van der Waals surface area contributed by atoms with Gasteiger partial charge in [-0.05, 0) is 37.0 Å². The molecule has 0 aliphatic carbocycles. The van der Waals surface area contributed by atoms with Crippen LogP contribution in [0.2, 0.25) is 0 Å². The van der Waals surface area contributed by atoms with E-state index < -0.39 is 0 Å². The van der Waals surface area contributed by atoms with Crippen LogP contribution in [-0.2, 0) is 22.5 Å². The highest BCUT2D eigenvalue weighted by atomic mass is 16.6. The Bertz CT molecular complexity index is 802. The molecule has 0 saturated carbocycles. The third-order valence-corrected chi connectivity index (χ3v) is 6.33. The van der Waals surface area contributed by atoms with Gasteiger partial charge in [0.05, 0.1) is 20.6 Å². The molecule has 0 radical (unpaired) electrons. The number of rotatable bonds is 17. The predicted molar refractivity (Wildman–Crippen MR) is 141 cm³/mol. The molecule has 34 heavy (non-hydrogen) atoms. The van der Waals surface area contributed by atoms with Crippen molar-refractivity contribution in [3.8, 4) is 5.75 Å². The van der Waals surface area contributed by atoms with Crippen molar-refractivity contribution >= 4 is 5.97 Å². The van der Waals surface area contributed by atoms with Crippen molar-refractivity contribution in [2.24, 2.45) is 5.92 Å². The monoisotopic (exact) mass is 468 g/mol. The standard InChI is InChI=1S/C30H46NO3/c1-5-7-8-9-10-12-15-26-18-20-29(21-19-26)33-22-23-34-30(32)28(6-2)25-31(3,4)24-27-16-13-11-14-17-27/h11,13-14,16-21,28H,5-10,12,15,22-25H2,1-4H3/q+1. The molecule has 0 aliphatic heterocycles. The van der Waals surface area contributed by atoms with Gasteiger partial charge in [0.1, 0.15) is 31.4 Å². The lowest BCUT2D eigenvalue weighted by Crippen LogP contribution is -2.44. The zero-order valence-electron chi connectivity index (χ0n) is 21.9. The molecule has 0 saturated heterocycles. The minimum atomic E-state index is -0.125. The quantitative estimate of drug-likeness (QED) is 0.145. The van der Waals surface area contributed by atoms with E-state index in [4.69, 9.17) is 9.47 Å². The van der Waals surface area contributed by atoms with Crippen LogP contribution in [0.5, 0.6) is 5.75 Å². The molecule has 1 unspecified atom stereocenters. The lowest BCUT2D eigenvalue weighted by molar-refractivity contribution is -0.906. The summed E-state index contributed by atoms with van der Waals surface area (Å²) in [5.74, 6) is 0.593. The lowest BCUT2D eigenvalue weighted by atomic mass is 10.0. The molecule has 2 rings (SSSR count). The summed E-state index contributed by atoms with van der Waals surface area (Å²) in [4.78, 5) is 12.7. The number of carbonyl (C=O) groups is 1. The number of hydrogen-bond donors (Lipinski definition) is 0. The third-order valence-electron chi connectivity index (χ3n) is 6.33. The Hall–Kier alpha value is -2.33. The third kappa shape index (κ3) is 11.2. The fourth-order valence-corrected chi connectivity index (χ4v) is 4.39. The molecule has 0 aliphatic rings. The first kappa shape index (κ1) is 27.9. The lowest BCUT2D eigenvalue weighted by Gasteiger charge is -2.32. The van der Waals surface area contributed by atoms with Crippen molar-refractivity contribution < 1.29 is 18.8 Å². The van der Waals surface area contributed by atoms with Crippen LogP contribution in [0.1, 0.15) is 69.9 Å². The number of unbranched alkanes of at least 4 members (excludes halogenated alkanes) is 5. The van der Waals surface area contributed by atoms with Crippen molar-refractivity contribution in [2.45, 2.75) is 71.8 Å². The zero-order chi connectivity index (χ0) is 24.7. The van der Waals surface area contributed by atoms with Crippen LogP contribution in [0, 0.1) is 5.92 Å². The molecule has 1 atom stereocenters. The number of hydrogen-bond acceptors (Lipinski definition) is 3. The number of esters is 1. The summed E-state index contributed by atoms with van der Waals surface area (Å²) >= 11 is 0. The van der Waals surface area contributed by atoms with Gasteiger partial charge in [-0.1, -0.05) is 88.4 Å². The highest BCUT2D eigenvalue weighted by molar-refractivity contribution is 5.72. The van der Waals surface area contributed by atoms with Crippen molar-refractivity contribution in [3.63, 3.8) is 0 Å². The van der Waals surface area contributed by atoms with Crippen LogP contribution >= 0.6 is 0 Å². The Balaban J connectivity index is 1.66. The maximum Gasteiger partial charge on any atom is 0.314 e. The van der Waals surface area contributed by atoms with E-state index in [2.05, 4.69) is 64.3 Å². The molecule has 188 valence electrons. The molecule has 0 bridgehead atoms. The number of ether oxygens (including phenoxy) is 2. The van der Waals surface area contributed by atoms with Gasteiger partial charge in [0.2, 0.25) is 0 Å². The van der Waals surface area contributed by atoms with Gasteiger partial charge in [-0.2, -0.15) is 0 Å². The number of nitrogens with zero attached hydrogens (tertiary/aromatic N) is 1. The maximum absolute atomic E-state index is 12.7. The molecule has 0 amide bonds. The van der Waals surface area contributed by atoms with E-state index in [-0.39, 0.29) is 18.5 Å². The Morgan fingerprint density at radius 1 is 0.824 bits per heavy atom. The molecular formula is C30H46NO3+. The van der Waals surface area contributed by atoms with Gasteiger partial charge in [-0.15, -0.1) is 0 Å². The summed E-state index contributed by atoms with van der Waals surface area (Å²) in [5, 5.41) is 0. The summed E-state index contributed by atoms with van der Waals surface area (Å²) in [6.07, 6.45) is 9.81. The van der Waals surface area contributed by atoms with Crippen LogP contribution < -0.4 is 4.74 Å². The smallest absolute Gasteiger partial charge is 0.314 e. The van der Waals surface area contributed by atoms with E-state index in [0.29, 0.717) is 6.61 Å². The second-order valence-corrected chi connectivity index (χ2v) is 10.0. The van der Waals surface area contributed by atoms with Gasteiger partial charge < -0.3 is 14.0 Å². The molecule has 0 N–H and O–H groups in total. The van der Waals surface area contributed by atoms with Crippen molar-refractivity contribution in [3.05, 3.63) is 65.7 Å². The summed E-state index contributed by atoms with van der Waals surface area (Å²) in [5.41, 5.74) is 2.64. The second kappa shape index (κ2) is 15.5. The van der Waals surface area contributed by atoms with E-state index in [1.807, 2.05) is 18.2 Å². The van der Waals surface area contributed by atoms with E-state index in [0.717, 1.165) is 36.2 Å². The summed E-state index contributed by atoms with van der Waals surface area (Å²) in [7, 11) is 4.34. The Morgan fingerprint density at radius 3 is 2.18 bits per heavy atom. The molecular weight excluding hydrogens is 422 g/mol. The molecule has 4 nitrogen and oxygen atoms in total. The average molecular weight is 469 g/mol. The highest BCUT2D eigenvalue weighted by Gasteiger charge is 2.28. The fourth-order valence-electron chi connectivity index (χ4n) is 4.39. The number of aryl methyl sites for hydroxylation is 1. The minimum absolute atomic E-state index is 0.111. The van der Waals surface area contributed by atoms with Crippen molar-refractivity contribution in [2.75, 3.05) is 33.9 Å². The van der Waals surface area contributed by atoms with Gasteiger partial charge in [-0.25, -0.2) is 0 Å². The van der Waals surface area contributed by atoms with Gasteiger partial charge in [-0.3, -0.25) is 4.79 Å². The van der Waals surface area contributed by atoms with Crippen molar-refractivity contribution in [1.29, 1.82) is 0 Å². The molecule has 0 fully saturated rings. The summed E-state index contributed by atoms with van der Waals surface area (Å²) in [6, 6.07) is 18.8. The van der Waals surface area contributed by atoms with Crippen LogP contribution in [0.4, 0.5) is 0 Å². The predicted octanol–water partition coefficient (Wildman–Crippen LogP) is 6.81.